The summed E-state index contributed by atoms with van der Waals surface area (Å²) in [6, 6.07) is 0. The van der Waals surface area contributed by atoms with Crippen molar-refractivity contribution in [2.45, 2.75) is 269 Å². The van der Waals surface area contributed by atoms with Crippen LogP contribution in [0.4, 0.5) is 0 Å². The lowest BCUT2D eigenvalue weighted by molar-refractivity contribution is -0.297. The third kappa shape index (κ3) is 35.3. The van der Waals surface area contributed by atoms with Gasteiger partial charge in [-0.15, -0.1) is 0 Å². The quantitative estimate of drug-likeness (QED) is 0.0196. The first kappa shape index (κ1) is 60.1. The summed E-state index contributed by atoms with van der Waals surface area (Å²) in [5.41, 5.74) is 0. The van der Waals surface area contributed by atoms with Crippen molar-refractivity contribution in [3.63, 3.8) is 0 Å². The van der Waals surface area contributed by atoms with Gasteiger partial charge in [-0.2, -0.15) is 8.42 Å². The van der Waals surface area contributed by atoms with Crippen molar-refractivity contribution in [1.82, 2.24) is 0 Å². The van der Waals surface area contributed by atoms with Gasteiger partial charge in [0.2, 0.25) is 0 Å². The molecule has 0 bridgehead atoms. The number of carbonyl (C=O) groups excluding carboxylic acids is 2. The van der Waals surface area contributed by atoms with Gasteiger partial charge >= 0.3 is 11.9 Å². The fraction of sp³-hybridized carbons (Fsp3) is 0.882. The molecule has 0 saturated carbocycles. The summed E-state index contributed by atoms with van der Waals surface area (Å²) >= 11 is 0. The minimum Gasteiger partial charge on any atom is -0.462 e. The summed E-state index contributed by atoms with van der Waals surface area (Å²) in [5.74, 6) is -2.03. The van der Waals surface area contributed by atoms with Crippen molar-refractivity contribution in [3.8, 4) is 0 Å². The van der Waals surface area contributed by atoms with Gasteiger partial charge in [-0.3, -0.25) is 14.1 Å². The molecule has 1 aliphatic heterocycles. The minimum atomic E-state index is -4.61. The molecule has 1 aliphatic rings. The molecule has 4 N–H and O–H groups in total. The molecule has 13 heteroatoms. The van der Waals surface area contributed by atoms with Crippen molar-refractivity contribution >= 4 is 22.1 Å². The van der Waals surface area contributed by atoms with Crippen molar-refractivity contribution in [2.24, 2.45) is 0 Å². The Morgan fingerprint density at radius 2 is 0.953 bits per heavy atom. The molecule has 1 fully saturated rings. The number of rotatable bonds is 44. The maximum atomic E-state index is 12.9. The highest BCUT2D eigenvalue weighted by Gasteiger charge is 2.46. The largest absolute Gasteiger partial charge is 0.462 e. The highest BCUT2D eigenvalue weighted by Crippen LogP contribution is 2.24. The van der Waals surface area contributed by atoms with Gasteiger partial charge in [0.1, 0.15) is 36.8 Å². The highest BCUT2D eigenvalue weighted by atomic mass is 32.2. The zero-order valence-electron chi connectivity index (χ0n) is 40.4. The molecule has 376 valence electrons. The molecule has 12 nitrogen and oxygen atoms in total. The highest BCUT2D eigenvalue weighted by molar-refractivity contribution is 7.85. The van der Waals surface area contributed by atoms with E-state index in [0.29, 0.717) is 19.3 Å². The van der Waals surface area contributed by atoms with Gasteiger partial charge in [0.05, 0.1) is 6.61 Å². The molecule has 2 unspecified atom stereocenters. The zero-order valence-corrected chi connectivity index (χ0v) is 41.2. The van der Waals surface area contributed by atoms with E-state index in [-0.39, 0.29) is 19.4 Å². The van der Waals surface area contributed by atoms with E-state index >= 15 is 0 Å². The molecule has 0 aromatic heterocycles. The fourth-order valence-corrected chi connectivity index (χ4v) is 8.70. The molecule has 6 atom stereocenters. The average Bonchev–Trinajstić information content (AvgIpc) is 3.26. The maximum absolute atomic E-state index is 12.9. The summed E-state index contributed by atoms with van der Waals surface area (Å²) in [4.78, 5) is 25.5. The molecule has 0 aromatic carbocycles. The SMILES string of the molecule is CCCCCCCCCCC/C=C/C/C=C/CCCC(=O)OC[C@H](CO[C@H]1O[C@H](CS(=O)(=O)O)[C@@H](O)C(O)C1O)OC(=O)CCCCCCCCCCCCCCCCCCCCC. The Morgan fingerprint density at radius 3 is 1.42 bits per heavy atom. The second-order valence-corrected chi connectivity index (χ2v) is 19.7. The number of hydrogen-bond donors (Lipinski definition) is 4. The maximum Gasteiger partial charge on any atom is 0.306 e. The van der Waals surface area contributed by atoms with Crippen LogP contribution in [0.1, 0.15) is 232 Å². The lowest BCUT2D eigenvalue weighted by atomic mass is 10.00. The van der Waals surface area contributed by atoms with Crippen LogP contribution >= 0.6 is 0 Å². The molecule has 0 aromatic rings. The predicted molar refractivity (Wildman–Crippen MR) is 256 cm³/mol. The Labute approximate surface area is 389 Å². The molecule has 1 heterocycles. The summed E-state index contributed by atoms with van der Waals surface area (Å²) < 4.78 is 54.2. The van der Waals surface area contributed by atoms with E-state index in [9.17, 15) is 37.9 Å². The topological polar surface area (TPSA) is 186 Å². The van der Waals surface area contributed by atoms with E-state index in [1.165, 1.54) is 154 Å². The van der Waals surface area contributed by atoms with Gasteiger partial charge in [-0.25, -0.2) is 0 Å². The minimum absolute atomic E-state index is 0.158. The van der Waals surface area contributed by atoms with E-state index in [0.717, 1.165) is 32.1 Å². The molecule has 0 aliphatic carbocycles. The van der Waals surface area contributed by atoms with E-state index in [2.05, 4.69) is 32.1 Å². The summed E-state index contributed by atoms with van der Waals surface area (Å²) in [6.07, 6.45) is 38.0. The number of esters is 2. The van der Waals surface area contributed by atoms with E-state index in [4.69, 9.17) is 18.9 Å². The van der Waals surface area contributed by atoms with E-state index < -0.39 is 71.2 Å². The lowest BCUT2D eigenvalue weighted by Gasteiger charge is -2.40. The van der Waals surface area contributed by atoms with Crippen molar-refractivity contribution in [1.29, 1.82) is 0 Å². The average molecular weight is 931 g/mol. The van der Waals surface area contributed by atoms with Crippen LogP contribution in [0.5, 0.6) is 0 Å². The fourth-order valence-electron chi connectivity index (χ4n) is 8.01. The third-order valence-electron chi connectivity index (χ3n) is 12.0. The lowest BCUT2D eigenvalue weighted by Crippen LogP contribution is -2.60. The Kier molecular flexibility index (Phi) is 38.8. The predicted octanol–water partition coefficient (Wildman–Crippen LogP) is 11.6. The van der Waals surface area contributed by atoms with Crippen LogP contribution in [0.15, 0.2) is 24.3 Å². The number of hydrogen-bond acceptors (Lipinski definition) is 11. The van der Waals surface area contributed by atoms with Crippen molar-refractivity contribution in [3.05, 3.63) is 24.3 Å². The van der Waals surface area contributed by atoms with Gasteiger partial charge < -0.3 is 34.3 Å². The summed E-state index contributed by atoms with van der Waals surface area (Å²) in [7, 11) is -4.61. The number of aliphatic hydroxyl groups is 3. The molecule has 64 heavy (non-hydrogen) atoms. The molecule has 1 saturated heterocycles. The standard InChI is InChI=1S/C51H94O12S/c1-3-5-7-9-11-13-15-17-19-21-22-24-26-28-30-32-34-36-38-40-47(53)62-44(42-61-51-50(56)49(55)48(54)45(63-51)43-64(57,58)59)41-60-46(52)39-37-35-33-31-29-27-25-23-20-18-16-14-12-10-8-6-4-2/h25,27,31,33,44-45,48-51,54-56H,3-24,26,28-30,32,34-43H2,1-2H3,(H,57,58,59)/b27-25+,33-31+/t44-,45-,48-,49?,50?,51+/m1/s1. The number of carbonyl (C=O) groups is 2. The number of allylic oxidation sites excluding steroid dienone is 4. The molecule has 1 rings (SSSR count). The molecular formula is C51H94O12S. The Balaban J connectivity index is 2.39. The van der Waals surface area contributed by atoms with Gasteiger partial charge in [0.25, 0.3) is 10.1 Å². The monoisotopic (exact) mass is 931 g/mol. The molecule has 0 spiro atoms. The third-order valence-corrected chi connectivity index (χ3v) is 12.8. The van der Waals surface area contributed by atoms with Crippen LogP contribution < -0.4 is 0 Å². The Morgan fingerprint density at radius 1 is 0.531 bits per heavy atom. The molecule has 0 radical (unpaired) electrons. The summed E-state index contributed by atoms with van der Waals surface area (Å²) in [6.45, 7) is 3.76. The second-order valence-electron chi connectivity index (χ2n) is 18.2. The number of ether oxygens (including phenoxy) is 4. The normalized spacial score (nSPS) is 19.8. The van der Waals surface area contributed by atoms with Crippen LogP contribution in [0.25, 0.3) is 0 Å². The van der Waals surface area contributed by atoms with E-state index in [1.807, 2.05) is 6.08 Å². The molecule has 0 amide bonds. The first-order valence-corrected chi connectivity index (χ1v) is 27.5. The van der Waals surface area contributed by atoms with Crippen LogP contribution in [0.3, 0.4) is 0 Å². The second kappa shape index (κ2) is 41.3. The van der Waals surface area contributed by atoms with Gasteiger partial charge in [0, 0.05) is 12.8 Å². The van der Waals surface area contributed by atoms with Crippen LogP contribution in [0.2, 0.25) is 0 Å². The number of unbranched alkanes of at least 4 members (excludes halogenated alkanes) is 28. The van der Waals surface area contributed by atoms with Crippen molar-refractivity contribution < 1.29 is 56.8 Å². The van der Waals surface area contributed by atoms with Gasteiger partial charge in [-0.1, -0.05) is 205 Å². The Hall–Kier alpha value is -1.87. The first-order valence-electron chi connectivity index (χ1n) is 25.9. The Bertz CT molecular complexity index is 1270. The van der Waals surface area contributed by atoms with Crippen LogP contribution in [-0.2, 0) is 38.7 Å². The summed E-state index contributed by atoms with van der Waals surface area (Å²) in [5, 5.41) is 31.0. The van der Waals surface area contributed by atoms with E-state index in [1.54, 1.807) is 0 Å². The van der Waals surface area contributed by atoms with Crippen LogP contribution in [-0.4, -0.2) is 96.0 Å². The first-order chi connectivity index (χ1) is 31.0. The van der Waals surface area contributed by atoms with Gasteiger partial charge in [-0.05, 0) is 38.5 Å². The number of aliphatic hydroxyl groups excluding tert-OH is 3. The zero-order chi connectivity index (χ0) is 46.9. The van der Waals surface area contributed by atoms with Gasteiger partial charge in [0.15, 0.2) is 12.4 Å². The molecular weight excluding hydrogens is 837 g/mol. The van der Waals surface area contributed by atoms with Crippen LogP contribution in [0, 0.1) is 0 Å². The smallest absolute Gasteiger partial charge is 0.306 e. The van der Waals surface area contributed by atoms with Crippen molar-refractivity contribution in [2.75, 3.05) is 19.0 Å².